The number of anilines is 1. The smallest absolute Gasteiger partial charge is 0.191 e. The summed E-state index contributed by atoms with van der Waals surface area (Å²) in [4.78, 5) is 0. The van der Waals surface area contributed by atoms with Crippen LogP contribution < -0.4 is 10.7 Å². The van der Waals surface area contributed by atoms with Crippen LogP contribution in [0.25, 0.3) is 6.08 Å². The van der Waals surface area contributed by atoms with Crippen LogP contribution >= 0.6 is 23.8 Å². The van der Waals surface area contributed by atoms with Gasteiger partial charge in [-0.1, -0.05) is 55.8 Å². The normalized spacial score (nSPS) is 25.2. The fourth-order valence-electron chi connectivity index (χ4n) is 4.25. The fraction of sp³-hybridized carbons (Fsp3) is 0.304. The monoisotopic (exact) mass is 409 g/mol. The van der Waals surface area contributed by atoms with Crippen LogP contribution in [0.15, 0.2) is 65.3 Å². The molecule has 0 amide bonds. The van der Waals surface area contributed by atoms with Crippen molar-refractivity contribution in [3.05, 3.63) is 70.8 Å². The number of allylic oxidation sites excluding steroid dienone is 1. The minimum Gasteiger partial charge on any atom is -0.331 e. The molecule has 5 rings (SSSR count). The Kier molecular flexibility index (Phi) is 5.26. The zero-order valence-electron chi connectivity index (χ0n) is 16.1. The predicted molar refractivity (Wildman–Crippen MR) is 123 cm³/mol. The Balaban J connectivity index is 1.55. The summed E-state index contributed by atoms with van der Waals surface area (Å²) >= 11 is 11.5. The molecule has 0 spiro atoms. The first kappa shape index (κ1) is 19.2. The molecule has 0 saturated heterocycles. The van der Waals surface area contributed by atoms with Crippen molar-refractivity contribution < 1.29 is 0 Å². The molecule has 2 aromatic rings. The van der Waals surface area contributed by atoms with Crippen LogP contribution in [-0.2, 0) is 0 Å². The summed E-state index contributed by atoms with van der Waals surface area (Å²) in [7, 11) is 0. The van der Waals surface area contributed by atoms with Crippen molar-refractivity contribution in [2.75, 3.05) is 5.32 Å². The number of benzene rings is 2. The summed E-state index contributed by atoms with van der Waals surface area (Å²) in [6.45, 7) is 4.70. The number of halogens is 1. The summed E-state index contributed by atoms with van der Waals surface area (Å²) < 4.78 is 0. The first-order chi connectivity index (χ1) is 13.4. The van der Waals surface area contributed by atoms with Crippen molar-refractivity contribution in [1.29, 1.82) is 0 Å². The van der Waals surface area contributed by atoms with Gasteiger partial charge in [-0.05, 0) is 77.9 Å². The van der Waals surface area contributed by atoms with Crippen molar-refractivity contribution in [2.45, 2.75) is 26.7 Å². The van der Waals surface area contributed by atoms with E-state index >= 15 is 0 Å². The van der Waals surface area contributed by atoms with Crippen molar-refractivity contribution in [3.8, 4) is 0 Å². The van der Waals surface area contributed by atoms with Crippen LogP contribution in [0.2, 0.25) is 5.02 Å². The first-order valence-corrected chi connectivity index (χ1v) is 10.4. The number of fused-ring (bicyclic) bond motifs is 2. The Bertz CT molecular complexity index is 932. The van der Waals surface area contributed by atoms with Crippen LogP contribution in [0.4, 0.5) is 5.69 Å². The van der Waals surface area contributed by atoms with E-state index in [2.05, 4.69) is 30.7 Å². The lowest BCUT2D eigenvalue weighted by atomic mass is 9.47. The van der Waals surface area contributed by atoms with Gasteiger partial charge in [-0.15, -0.1) is 0 Å². The molecule has 2 aromatic carbocycles. The second-order valence-electron chi connectivity index (χ2n) is 8.16. The third kappa shape index (κ3) is 3.85. The third-order valence-corrected chi connectivity index (χ3v) is 6.56. The van der Waals surface area contributed by atoms with Crippen LogP contribution in [0.3, 0.4) is 0 Å². The van der Waals surface area contributed by atoms with E-state index in [0.29, 0.717) is 16.9 Å². The Hall–Kier alpha value is -2.17. The number of hydrogen-bond donors (Lipinski definition) is 2. The van der Waals surface area contributed by atoms with Gasteiger partial charge in [0.25, 0.3) is 0 Å². The molecule has 28 heavy (non-hydrogen) atoms. The molecule has 5 heteroatoms. The maximum absolute atomic E-state index is 6.03. The molecule has 2 bridgehead atoms. The largest absolute Gasteiger partial charge is 0.331 e. The van der Waals surface area contributed by atoms with Gasteiger partial charge in [0.05, 0.1) is 5.71 Å². The SMILES string of the molecule is CC1(C)C2CC(=C\c3ccc(Cl)cc3)/C(=N\NC(=S)Nc3ccccc3)C1C2. The lowest BCUT2D eigenvalue weighted by Gasteiger charge is -2.57. The third-order valence-electron chi connectivity index (χ3n) is 6.12. The summed E-state index contributed by atoms with van der Waals surface area (Å²) in [6.07, 6.45) is 4.48. The highest BCUT2D eigenvalue weighted by Gasteiger charge is 2.54. The number of hydrogen-bond acceptors (Lipinski definition) is 2. The van der Waals surface area contributed by atoms with Crippen LogP contribution in [0.5, 0.6) is 0 Å². The molecule has 2 unspecified atom stereocenters. The number of nitrogens with one attached hydrogen (secondary N) is 2. The maximum atomic E-state index is 6.03. The van der Waals surface area contributed by atoms with E-state index in [-0.39, 0.29) is 5.41 Å². The van der Waals surface area contributed by atoms with E-state index in [1.807, 2.05) is 54.6 Å². The summed E-state index contributed by atoms with van der Waals surface area (Å²) in [6, 6.07) is 17.8. The number of rotatable bonds is 3. The standard InChI is InChI=1S/C23H24ClN3S/c1-23(2)17-13-16(12-15-8-10-18(24)11-9-15)21(20(23)14-17)26-27-22(28)25-19-6-4-3-5-7-19/h3-12,17,20H,13-14H2,1-2H3,(H2,25,27,28)/b16-12+,26-21+. The maximum Gasteiger partial charge on any atom is 0.191 e. The van der Waals surface area contributed by atoms with Crippen LogP contribution in [-0.4, -0.2) is 10.8 Å². The number of nitrogens with zero attached hydrogens (tertiary/aromatic N) is 1. The average Bonchev–Trinajstić information content (AvgIpc) is 2.69. The van der Waals surface area contributed by atoms with Crippen molar-refractivity contribution in [3.63, 3.8) is 0 Å². The molecule has 0 radical (unpaired) electrons. The molecule has 0 aromatic heterocycles. The van der Waals surface area contributed by atoms with Gasteiger partial charge in [0.2, 0.25) is 0 Å². The van der Waals surface area contributed by atoms with Crippen LogP contribution in [0, 0.1) is 17.3 Å². The molecular formula is C23H24ClN3S. The second-order valence-corrected chi connectivity index (χ2v) is 9.01. The zero-order valence-corrected chi connectivity index (χ0v) is 17.6. The quantitative estimate of drug-likeness (QED) is 0.472. The van der Waals surface area contributed by atoms with E-state index in [9.17, 15) is 0 Å². The average molecular weight is 410 g/mol. The molecule has 0 heterocycles. The van der Waals surface area contributed by atoms with Gasteiger partial charge in [0.1, 0.15) is 0 Å². The molecular weight excluding hydrogens is 386 g/mol. The minimum atomic E-state index is 0.284. The molecule has 2 N–H and O–H groups in total. The highest BCUT2D eigenvalue weighted by Crippen LogP contribution is 2.59. The van der Waals surface area contributed by atoms with E-state index < -0.39 is 0 Å². The lowest BCUT2D eigenvalue weighted by Crippen LogP contribution is -2.54. The molecule has 3 saturated carbocycles. The molecule has 3 aliphatic rings. The summed E-state index contributed by atoms with van der Waals surface area (Å²) in [5, 5.41) is 9.19. The summed E-state index contributed by atoms with van der Waals surface area (Å²) in [5.41, 5.74) is 7.86. The van der Waals surface area contributed by atoms with Crippen molar-refractivity contribution in [2.24, 2.45) is 22.4 Å². The van der Waals surface area contributed by atoms with Gasteiger partial charge in [0.15, 0.2) is 5.11 Å². The second kappa shape index (κ2) is 7.69. The van der Waals surface area contributed by atoms with Crippen molar-refractivity contribution in [1.82, 2.24) is 5.43 Å². The Labute approximate surface area is 176 Å². The molecule has 3 aliphatic carbocycles. The number of hydrazone groups is 1. The zero-order chi connectivity index (χ0) is 19.7. The van der Waals surface area contributed by atoms with Gasteiger partial charge in [-0.3, -0.25) is 5.43 Å². The van der Waals surface area contributed by atoms with Gasteiger partial charge >= 0.3 is 0 Å². The van der Waals surface area contributed by atoms with Gasteiger partial charge in [0, 0.05) is 16.6 Å². The van der Waals surface area contributed by atoms with Gasteiger partial charge in [-0.25, -0.2) is 0 Å². The first-order valence-electron chi connectivity index (χ1n) is 9.59. The highest BCUT2D eigenvalue weighted by atomic mass is 35.5. The van der Waals surface area contributed by atoms with E-state index in [4.69, 9.17) is 28.9 Å². The molecule has 0 aliphatic heterocycles. The molecule has 144 valence electrons. The number of thiocarbonyl (C=S) groups is 1. The fourth-order valence-corrected chi connectivity index (χ4v) is 4.54. The van der Waals surface area contributed by atoms with E-state index in [0.717, 1.165) is 28.4 Å². The Morgan fingerprint density at radius 1 is 1.14 bits per heavy atom. The Morgan fingerprint density at radius 2 is 1.86 bits per heavy atom. The predicted octanol–water partition coefficient (Wildman–Crippen LogP) is 6.13. The van der Waals surface area contributed by atoms with Gasteiger partial charge in [-0.2, -0.15) is 5.10 Å². The van der Waals surface area contributed by atoms with E-state index in [1.54, 1.807) is 0 Å². The van der Waals surface area contributed by atoms with E-state index in [1.165, 1.54) is 12.0 Å². The lowest BCUT2D eigenvalue weighted by molar-refractivity contribution is 0.0141. The Morgan fingerprint density at radius 3 is 2.54 bits per heavy atom. The minimum absolute atomic E-state index is 0.284. The molecule has 2 atom stereocenters. The molecule has 3 nitrogen and oxygen atoms in total. The highest BCUT2D eigenvalue weighted by molar-refractivity contribution is 7.80. The van der Waals surface area contributed by atoms with Crippen LogP contribution in [0.1, 0.15) is 32.3 Å². The van der Waals surface area contributed by atoms with Gasteiger partial charge < -0.3 is 5.32 Å². The molecule has 3 fully saturated rings. The number of para-hydroxylation sites is 1. The summed E-state index contributed by atoms with van der Waals surface area (Å²) in [5.74, 6) is 1.17. The topological polar surface area (TPSA) is 36.4 Å². The van der Waals surface area contributed by atoms with Crippen molar-refractivity contribution >= 4 is 46.4 Å².